The fraction of sp³-hybridized carbons (Fsp3) is 0.579. The van der Waals surface area contributed by atoms with Crippen molar-refractivity contribution in [3.05, 3.63) is 30.2 Å². The lowest BCUT2D eigenvalue weighted by atomic mass is 9.93. The predicted octanol–water partition coefficient (Wildman–Crippen LogP) is 2.17. The number of ether oxygens (including phenoxy) is 3. The van der Waals surface area contributed by atoms with Gasteiger partial charge in [0.2, 0.25) is 0 Å². The second-order valence-corrected chi connectivity index (χ2v) is 6.78. The summed E-state index contributed by atoms with van der Waals surface area (Å²) in [4.78, 5) is 17.2. The van der Waals surface area contributed by atoms with Crippen LogP contribution in [-0.4, -0.2) is 59.8 Å². The van der Waals surface area contributed by atoms with Crippen LogP contribution in [0.1, 0.15) is 37.6 Å². The third kappa shape index (κ3) is 4.90. The summed E-state index contributed by atoms with van der Waals surface area (Å²) in [5.74, 6) is 1.08. The zero-order valence-corrected chi connectivity index (χ0v) is 16.2. The molecule has 0 unspecified atom stereocenters. The highest BCUT2D eigenvalue weighted by molar-refractivity contribution is 5.93. The number of aryl methyl sites for hydroxylation is 1. The third-order valence-corrected chi connectivity index (χ3v) is 4.90. The van der Waals surface area contributed by atoms with Crippen LogP contribution in [0.25, 0.3) is 5.82 Å². The highest BCUT2D eigenvalue weighted by Gasteiger charge is 2.24. The van der Waals surface area contributed by atoms with Crippen LogP contribution >= 0.6 is 0 Å². The molecule has 0 aromatic carbocycles. The van der Waals surface area contributed by atoms with Crippen molar-refractivity contribution in [2.75, 3.05) is 27.4 Å². The molecule has 1 saturated carbocycles. The van der Waals surface area contributed by atoms with Gasteiger partial charge >= 0.3 is 0 Å². The Balaban J connectivity index is 0.00000280. The molecule has 2 heterocycles. The first-order valence-electron chi connectivity index (χ1n) is 9.28. The smallest absolute Gasteiger partial charge is 0.270 e. The zero-order chi connectivity index (χ0) is 19.2. The van der Waals surface area contributed by atoms with Crippen molar-refractivity contribution in [2.24, 2.45) is 7.05 Å². The lowest BCUT2D eigenvalue weighted by molar-refractivity contribution is -0.00409. The topological polar surface area (TPSA) is 79.5 Å². The molecule has 27 heavy (non-hydrogen) atoms. The average molecular weight is 378 g/mol. The fourth-order valence-corrected chi connectivity index (χ4v) is 3.28. The number of carbonyl (C=O) groups excluding carboxylic acids is 1. The number of nitrogens with one attached hydrogen (secondary N) is 1. The van der Waals surface area contributed by atoms with E-state index in [1.165, 1.54) is 0 Å². The van der Waals surface area contributed by atoms with E-state index in [0.29, 0.717) is 30.5 Å². The summed E-state index contributed by atoms with van der Waals surface area (Å²) in [6.07, 6.45) is 7.73. The zero-order valence-electron chi connectivity index (χ0n) is 16.2. The van der Waals surface area contributed by atoms with Crippen molar-refractivity contribution < 1.29 is 20.4 Å². The summed E-state index contributed by atoms with van der Waals surface area (Å²) >= 11 is 0. The summed E-state index contributed by atoms with van der Waals surface area (Å²) < 4.78 is 19.9. The van der Waals surface area contributed by atoms with Gasteiger partial charge in [-0.1, -0.05) is 0 Å². The standard InChI is InChI=1S/C19H28N4O4.H2/c1-22-8-9-23(22)18-13-16(26-3)12-17(21-18)19(24)20-14-4-6-15(7-5-14)27-11-10-25-2;/h8-9,12-15H,4-7,10-11H2,1-3H3,(H,20,24);1H. The van der Waals surface area contributed by atoms with Gasteiger partial charge in [0.25, 0.3) is 5.91 Å². The summed E-state index contributed by atoms with van der Waals surface area (Å²) in [6.45, 7) is 1.23. The van der Waals surface area contributed by atoms with Crippen LogP contribution in [0.2, 0.25) is 0 Å². The maximum atomic E-state index is 12.7. The van der Waals surface area contributed by atoms with E-state index in [0.717, 1.165) is 25.7 Å². The van der Waals surface area contributed by atoms with Gasteiger partial charge in [0.05, 0.1) is 26.4 Å². The molecule has 2 aromatic rings. The molecular weight excluding hydrogens is 348 g/mol. The van der Waals surface area contributed by atoms with Gasteiger partial charge in [-0.25, -0.2) is 9.67 Å². The number of amides is 1. The Kier molecular flexibility index (Phi) is 6.52. The minimum Gasteiger partial charge on any atom is -0.497 e. The maximum absolute atomic E-state index is 12.7. The Hall–Kier alpha value is -2.32. The Bertz CT molecular complexity index is 753. The van der Waals surface area contributed by atoms with Crippen LogP contribution in [0.4, 0.5) is 0 Å². The number of pyridine rings is 1. The minimum absolute atomic E-state index is 0. The molecule has 0 bridgehead atoms. The number of aromatic nitrogens is 3. The van der Waals surface area contributed by atoms with Crippen LogP contribution in [-0.2, 0) is 16.5 Å². The first-order valence-corrected chi connectivity index (χ1v) is 9.28. The molecule has 150 valence electrons. The molecule has 1 aliphatic carbocycles. The molecule has 0 saturated heterocycles. The number of rotatable bonds is 8. The first-order chi connectivity index (χ1) is 13.1. The van der Waals surface area contributed by atoms with Crippen LogP contribution in [0.5, 0.6) is 5.75 Å². The molecule has 8 heteroatoms. The predicted molar refractivity (Wildman–Crippen MR) is 103 cm³/mol. The molecule has 0 aliphatic heterocycles. The second-order valence-electron chi connectivity index (χ2n) is 6.78. The van der Waals surface area contributed by atoms with Gasteiger partial charge in [-0.3, -0.25) is 9.48 Å². The van der Waals surface area contributed by atoms with E-state index in [4.69, 9.17) is 14.2 Å². The van der Waals surface area contributed by atoms with Crippen LogP contribution in [0.15, 0.2) is 24.5 Å². The second kappa shape index (κ2) is 9.05. The van der Waals surface area contributed by atoms with Gasteiger partial charge < -0.3 is 19.5 Å². The van der Waals surface area contributed by atoms with E-state index in [1.54, 1.807) is 26.4 Å². The van der Waals surface area contributed by atoms with E-state index in [1.807, 2.05) is 28.8 Å². The van der Waals surface area contributed by atoms with E-state index in [9.17, 15) is 4.79 Å². The van der Waals surface area contributed by atoms with Crippen molar-refractivity contribution in [3.63, 3.8) is 0 Å². The normalized spacial score (nSPS) is 19.8. The molecule has 3 rings (SSSR count). The van der Waals surface area contributed by atoms with Crippen LogP contribution in [0.3, 0.4) is 0 Å². The number of hydrogen-bond acceptors (Lipinski definition) is 5. The molecule has 0 radical (unpaired) electrons. The number of carbonyl (C=O) groups is 1. The van der Waals surface area contributed by atoms with E-state index < -0.39 is 0 Å². The molecular formula is C19H30N4O4. The summed E-state index contributed by atoms with van der Waals surface area (Å²) in [6, 6.07) is 3.61. The van der Waals surface area contributed by atoms with E-state index in [2.05, 4.69) is 10.3 Å². The lowest BCUT2D eigenvalue weighted by Crippen LogP contribution is -2.39. The highest BCUT2D eigenvalue weighted by atomic mass is 16.5. The summed E-state index contributed by atoms with van der Waals surface area (Å²) in [5.41, 5.74) is 0.358. The minimum atomic E-state index is -0.175. The molecule has 1 N–H and O–H groups in total. The van der Waals surface area contributed by atoms with Gasteiger partial charge in [-0.15, -0.1) is 0 Å². The number of hydrogen-bond donors (Lipinski definition) is 1. The Morgan fingerprint density at radius 3 is 2.59 bits per heavy atom. The lowest BCUT2D eigenvalue weighted by Gasteiger charge is -2.29. The van der Waals surface area contributed by atoms with Gasteiger partial charge in [-0.05, 0) is 25.7 Å². The maximum Gasteiger partial charge on any atom is 0.270 e. The van der Waals surface area contributed by atoms with Crippen molar-refractivity contribution in [1.82, 2.24) is 19.7 Å². The van der Waals surface area contributed by atoms with Crippen LogP contribution < -0.4 is 10.1 Å². The Morgan fingerprint density at radius 1 is 1.22 bits per heavy atom. The molecule has 0 atom stereocenters. The van der Waals surface area contributed by atoms with Gasteiger partial charge in [0.1, 0.15) is 11.4 Å². The molecule has 8 nitrogen and oxygen atoms in total. The van der Waals surface area contributed by atoms with Crippen LogP contribution in [0, 0.1) is 0 Å². The summed E-state index contributed by atoms with van der Waals surface area (Å²) in [5, 5.41) is 3.10. The molecule has 1 aliphatic rings. The molecule has 1 fully saturated rings. The van der Waals surface area contributed by atoms with Crippen molar-refractivity contribution in [1.29, 1.82) is 0 Å². The SMILES string of the molecule is COCCOC1CCC(NC(=O)c2cc(OC)cc(-n3ccn3C)n2)CC1.[HH]. The largest absolute Gasteiger partial charge is 0.497 e. The first kappa shape index (κ1) is 19.4. The number of nitrogens with zero attached hydrogens (tertiary/aromatic N) is 3. The summed E-state index contributed by atoms with van der Waals surface area (Å²) in [7, 11) is 5.17. The Morgan fingerprint density at radius 2 is 2.00 bits per heavy atom. The van der Waals surface area contributed by atoms with Crippen molar-refractivity contribution in [3.8, 4) is 11.6 Å². The molecule has 2 aromatic heterocycles. The molecule has 1 amide bonds. The average Bonchev–Trinajstić information content (AvgIpc) is 2.68. The third-order valence-electron chi connectivity index (χ3n) is 4.90. The van der Waals surface area contributed by atoms with Gasteiger partial charge in [-0.2, -0.15) is 0 Å². The highest BCUT2D eigenvalue weighted by Crippen LogP contribution is 2.22. The van der Waals surface area contributed by atoms with Crippen molar-refractivity contribution >= 4 is 5.91 Å². The molecule has 0 spiro atoms. The monoisotopic (exact) mass is 378 g/mol. The van der Waals surface area contributed by atoms with Crippen molar-refractivity contribution in [2.45, 2.75) is 37.8 Å². The Labute approximate surface area is 160 Å². The van der Waals surface area contributed by atoms with Gasteiger partial charge in [0.15, 0.2) is 5.82 Å². The van der Waals surface area contributed by atoms with Gasteiger partial charge in [0, 0.05) is 46.2 Å². The quantitative estimate of drug-likeness (QED) is 0.712. The van der Waals surface area contributed by atoms with E-state index >= 15 is 0 Å². The number of methoxy groups -OCH3 is 2. The fourth-order valence-electron chi connectivity index (χ4n) is 3.28. The van der Waals surface area contributed by atoms with E-state index in [-0.39, 0.29) is 19.5 Å².